The molecule has 0 spiro atoms. The zero-order chi connectivity index (χ0) is 51.4. The molecule has 0 aromatic heterocycles. The molecule has 420 valence electrons. The fourth-order valence-corrected chi connectivity index (χ4v) is 9.92. The second kappa shape index (κ2) is 60.7. The maximum Gasteiger partial charge on any atom is 0.306 e. The zero-order valence-corrected chi connectivity index (χ0v) is 48.3. The standard InChI is InChI=1S/C65H124O6/c1-4-7-10-13-16-19-22-24-26-28-30-32-33-34-36-37-39-41-43-46-49-52-55-58-64(67)70-61-62(60-69-63(66)57-54-51-48-45-21-18-15-12-9-6-3)71-65(68)59-56-53-50-47-44-42-40-38-35-31-29-27-25-23-20-17-14-11-8-5-2/h12,15,62H,4-11,13-14,16-61H2,1-3H3/b15-12-. The summed E-state index contributed by atoms with van der Waals surface area (Å²) in [5.41, 5.74) is 0. The first-order valence-electron chi connectivity index (χ1n) is 32.2. The van der Waals surface area contributed by atoms with Crippen LogP contribution in [0.2, 0.25) is 0 Å². The highest BCUT2D eigenvalue weighted by Gasteiger charge is 2.19. The van der Waals surface area contributed by atoms with Gasteiger partial charge < -0.3 is 14.2 Å². The second-order valence-corrected chi connectivity index (χ2v) is 22.0. The van der Waals surface area contributed by atoms with Crippen LogP contribution in [0.5, 0.6) is 0 Å². The fraction of sp³-hybridized carbons (Fsp3) is 0.923. The van der Waals surface area contributed by atoms with Crippen LogP contribution < -0.4 is 0 Å². The average molecular weight is 1000 g/mol. The van der Waals surface area contributed by atoms with Crippen LogP contribution in [-0.2, 0) is 28.6 Å². The summed E-state index contributed by atoms with van der Waals surface area (Å²) in [7, 11) is 0. The molecule has 6 nitrogen and oxygen atoms in total. The highest BCUT2D eigenvalue weighted by Crippen LogP contribution is 2.18. The first-order valence-corrected chi connectivity index (χ1v) is 32.2. The summed E-state index contributed by atoms with van der Waals surface area (Å²) < 4.78 is 16.9. The van der Waals surface area contributed by atoms with Gasteiger partial charge in [-0.2, -0.15) is 0 Å². The number of allylic oxidation sites excluding steroid dienone is 2. The van der Waals surface area contributed by atoms with Crippen molar-refractivity contribution >= 4 is 17.9 Å². The first-order chi connectivity index (χ1) is 35.0. The lowest BCUT2D eigenvalue weighted by Crippen LogP contribution is -2.30. The molecule has 6 heteroatoms. The Labute approximate surface area is 443 Å². The molecule has 0 aromatic rings. The van der Waals surface area contributed by atoms with Gasteiger partial charge in [0.1, 0.15) is 13.2 Å². The van der Waals surface area contributed by atoms with Crippen molar-refractivity contribution in [2.24, 2.45) is 0 Å². The Kier molecular flexibility index (Phi) is 59.1. The molecule has 0 aliphatic rings. The maximum atomic E-state index is 12.9. The summed E-state index contributed by atoms with van der Waals surface area (Å²) in [6.45, 7) is 6.65. The number of unbranched alkanes of at least 4 members (excludes halogenated alkanes) is 47. The molecule has 0 amide bonds. The molecule has 0 saturated heterocycles. The van der Waals surface area contributed by atoms with Crippen LogP contribution in [0.4, 0.5) is 0 Å². The molecule has 0 bridgehead atoms. The van der Waals surface area contributed by atoms with Gasteiger partial charge in [-0.3, -0.25) is 14.4 Å². The Morgan fingerprint density at radius 1 is 0.268 bits per heavy atom. The van der Waals surface area contributed by atoms with Crippen molar-refractivity contribution in [3.63, 3.8) is 0 Å². The van der Waals surface area contributed by atoms with E-state index in [2.05, 4.69) is 32.9 Å². The van der Waals surface area contributed by atoms with Gasteiger partial charge in [-0.05, 0) is 38.5 Å². The topological polar surface area (TPSA) is 78.9 Å². The minimum atomic E-state index is -0.768. The Hall–Kier alpha value is -1.85. The Morgan fingerprint density at radius 2 is 0.493 bits per heavy atom. The van der Waals surface area contributed by atoms with E-state index in [0.29, 0.717) is 19.3 Å². The molecule has 0 aromatic carbocycles. The highest BCUT2D eigenvalue weighted by molar-refractivity contribution is 5.71. The van der Waals surface area contributed by atoms with E-state index in [9.17, 15) is 14.4 Å². The maximum absolute atomic E-state index is 12.9. The van der Waals surface area contributed by atoms with E-state index in [0.717, 1.165) is 70.6 Å². The predicted molar refractivity (Wildman–Crippen MR) is 307 cm³/mol. The summed E-state index contributed by atoms with van der Waals surface area (Å²) >= 11 is 0. The number of ether oxygens (including phenoxy) is 3. The van der Waals surface area contributed by atoms with E-state index >= 15 is 0 Å². The van der Waals surface area contributed by atoms with E-state index < -0.39 is 6.10 Å². The number of carbonyl (C=O) groups is 3. The van der Waals surface area contributed by atoms with E-state index in [1.165, 1.54) is 257 Å². The van der Waals surface area contributed by atoms with Crippen LogP contribution in [-0.4, -0.2) is 37.2 Å². The molecule has 0 heterocycles. The van der Waals surface area contributed by atoms with Gasteiger partial charge in [0.05, 0.1) is 0 Å². The van der Waals surface area contributed by atoms with Crippen LogP contribution >= 0.6 is 0 Å². The molecule has 1 atom stereocenters. The van der Waals surface area contributed by atoms with Gasteiger partial charge in [0.2, 0.25) is 0 Å². The zero-order valence-electron chi connectivity index (χ0n) is 48.3. The number of rotatable bonds is 60. The van der Waals surface area contributed by atoms with Gasteiger partial charge in [0, 0.05) is 19.3 Å². The third-order valence-corrected chi connectivity index (χ3v) is 14.8. The van der Waals surface area contributed by atoms with Crippen molar-refractivity contribution in [1.82, 2.24) is 0 Å². The monoisotopic (exact) mass is 1000 g/mol. The lowest BCUT2D eigenvalue weighted by molar-refractivity contribution is -0.167. The van der Waals surface area contributed by atoms with Gasteiger partial charge in [0.15, 0.2) is 6.10 Å². The molecule has 71 heavy (non-hydrogen) atoms. The predicted octanol–water partition coefficient (Wildman–Crippen LogP) is 21.7. The minimum absolute atomic E-state index is 0.0663. The number of hydrogen-bond acceptors (Lipinski definition) is 6. The van der Waals surface area contributed by atoms with Gasteiger partial charge >= 0.3 is 17.9 Å². The first kappa shape index (κ1) is 69.2. The third-order valence-electron chi connectivity index (χ3n) is 14.8. The lowest BCUT2D eigenvalue weighted by Gasteiger charge is -2.18. The molecule has 1 unspecified atom stereocenters. The molecular weight excluding hydrogens is 877 g/mol. The molecule has 0 radical (unpaired) electrons. The number of hydrogen-bond donors (Lipinski definition) is 0. The summed E-state index contributed by atoms with van der Waals surface area (Å²) in [6, 6.07) is 0. The summed E-state index contributed by atoms with van der Waals surface area (Å²) in [4.78, 5) is 38.2. The van der Waals surface area contributed by atoms with Gasteiger partial charge in [0.25, 0.3) is 0 Å². The smallest absolute Gasteiger partial charge is 0.306 e. The summed E-state index contributed by atoms with van der Waals surface area (Å²) in [5.74, 6) is -0.848. The fourth-order valence-electron chi connectivity index (χ4n) is 9.92. The van der Waals surface area contributed by atoms with E-state index in [-0.39, 0.29) is 31.1 Å². The van der Waals surface area contributed by atoms with Crippen LogP contribution in [0, 0.1) is 0 Å². The van der Waals surface area contributed by atoms with Crippen LogP contribution in [0.3, 0.4) is 0 Å². The normalized spacial score (nSPS) is 12.0. The van der Waals surface area contributed by atoms with Crippen LogP contribution in [0.15, 0.2) is 12.2 Å². The second-order valence-electron chi connectivity index (χ2n) is 22.0. The molecule has 0 aliphatic carbocycles. The van der Waals surface area contributed by atoms with Crippen molar-refractivity contribution in [2.75, 3.05) is 13.2 Å². The molecule has 0 saturated carbocycles. The Morgan fingerprint density at radius 3 is 0.761 bits per heavy atom. The van der Waals surface area contributed by atoms with E-state index in [4.69, 9.17) is 14.2 Å². The van der Waals surface area contributed by atoms with Crippen molar-refractivity contribution < 1.29 is 28.6 Å². The van der Waals surface area contributed by atoms with Crippen molar-refractivity contribution in [3.8, 4) is 0 Å². The van der Waals surface area contributed by atoms with Gasteiger partial charge in [-0.25, -0.2) is 0 Å². The van der Waals surface area contributed by atoms with Crippen molar-refractivity contribution in [3.05, 3.63) is 12.2 Å². The van der Waals surface area contributed by atoms with E-state index in [1.54, 1.807) is 0 Å². The van der Waals surface area contributed by atoms with Crippen molar-refractivity contribution in [1.29, 1.82) is 0 Å². The third kappa shape index (κ3) is 58.9. The van der Waals surface area contributed by atoms with Crippen molar-refractivity contribution in [2.45, 2.75) is 374 Å². The largest absolute Gasteiger partial charge is 0.462 e. The average Bonchev–Trinajstić information content (AvgIpc) is 3.37. The quantitative estimate of drug-likeness (QED) is 0.0261. The molecule has 0 rings (SSSR count). The summed E-state index contributed by atoms with van der Waals surface area (Å²) in [5, 5.41) is 0. The Bertz CT molecular complexity index is 1100. The minimum Gasteiger partial charge on any atom is -0.462 e. The Balaban J connectivity index is 4.16. The summed E-state index contributed by atoms with van der Waals surface area (Å²) in [6.07, 6.45) is 70.9. The van der Waals surface area contributed by atoms with E-state index in [1.807, 2.05) is 0 Å². The molecular formula is C65H124O6. The van der Waals surface area contributed by atoms with Crippen LogP contribution in [0.1, 0.15) is 367 Å². The van der Waals surface area contributed by atoms with Crippen LogP contribution in [0.25, 0.3) is 0 Å². The molecule has 0 N–H and O–H groups in total. The molecule has 0 aliphatic heterocycles. The number of carbonyl (C=O) groups excluding carboxylic acids is 3. The highest BCUT2D eigenvalue weighted by atomic mass is 16.6. The number of esters is 3. The van der Waals surface area contributed by atoms with Gasteiger partial charge in [-0.1, -0.05) is 322 Å². The van der Waals surface area contributed by atoms with Gasteiger partial charge in [-0.15, -0.1) is 0 Å². The SMILES string of the molecule is CCC/C=C\CCCCCCCC(=O)OCC(COC(=O)CCCCCCCCCCCCCCCCCCCCCCCCC)OC(=O)CCCCCCCCCCCCCCCCCCCCCC. The lowest BCUT2D eigenvalue weighted by atomic mass is 10.0. The molecule has 0 fully saturated rings.